The van der Waals surface area contributed by atoms with Crippen molar-refractivity contribution < 1.29 is 4.84 Å². The molecule has 0 spiro atoms. The van der Waals surface area contributed by atoms with E-state index in [0.717, 1.165) is 6.61 Å². The van der Waals surface area contributed by atoms with Crippen LogP contribution in [0, 0.1) is 11.3 Å². The summed E-state index contributed by atoms with van der Waals surface area (Å²) in [5, 5.41) is 9.31. The molecule has 0 rings (SSSR count). The van der Waals surface area contributed by atoms with Crippen LogP contribution in [0.1, 0.15) is 20.3 Å². The second-order valence-electron chi connectivity index (χ2n) is 1.74. The first kappa shape index (κ1) is 12.1. The lowest BCUT2D eigenvalue weighted by Gasteiger charge is -2.05. The fourth-order valence-corrected chi connectivity index (χ4v) is 0.258. The van der Waals surface area contributed by atoms with Gasteiger partial charge in [0.25, 0.3) is 0 Å². The maximum absolute atomic E-state index is 7.62. The van der Waals surface area contributed by atoms with E-state index in [1.54, 1.807) is 5.06 Å². The zero-order valence-electron chi connectivity index (χ0n) is 7.22. The van der Waals surface area contributed by atoms with Gasteiger partial charge >= 0.3 is 0 Å². The quantitative estimate of drug-likeness (QED) is 0.550. The van der Waals surface area contributed by atoms with Gasteiger partial charge < -0.3 is 0 Å². The van der Waals surface area contributed by atoms with Gasteiger partial charge in [0.05, 0.1) is 12.7 Å². The van der Waals surface area contributed by atoms with Gasteiger partial charge in [0, 0.05) is 20.5 Å². The Labute approximate surface area is 63.2 Å². The molecule has 60 valence electrons. The number of hydrogen-bond donors (Lipinski definition) is 0. The highest BCUT2D eigenvalue weighted by Crippen LogP contribution is 1.72. The molecule has 0 N–H and O–H groups in total. The second-order valence-corrected chi connectivity index (χ2v) is 1.74. The molecule has 0 heterocycles. The molecule has 0 amide bonds. The van der Waals surface area contributed by atoms with Gasteiger partial charge in [-0.25, -0.2) is 0 Å². The number of nitriles is 1. The van der Waals surface area contributed by atoms with Crippen LogP contribution in [-0.2, 0) is 4.84 Å². The first-order chi connectivity index (χ1) is 4.68. The molecule has 0 aliphatic rings. The minimum absolute atomic E-state index is 0.625. The summed E-state index contributed by atoms with van der Waals surface area (Å²) in [6, 6.07) is 1.93. The van der Waals surface area contributed by atoms with Crippen molar-refractivity contribution in [2.45, 2.75) is 20.3 Å². The summed E-state index contributed by atoms with van der Waals surface area (Å²) in [5.41, 5.74) is 0. The van der Waals surface area contributed by atoms with E-state index in [0.29, 0.717) is 6.42 Å². The first-order valence-corrected chi connectivity index (χ1v) is 3.36. The third-order valence-corrected chi connectivity index (χ3v) is 0.545. The number of hydrogen-bond acceptors (Lipinski definition) is 3. The summed E-state index contributed by atoms with van der Waals surface area (Å²) in [7, 11) is 3.73. The number of rotatable bonds is 2. The first-order valence-electron chi connectivity index (χ1n) is 3.36. The van der Waals surface area contributed by atoms with Crippen molar-refractivity contribution in [3.8, 4) is 6.07 Å². The van der Waals surface area contributed by atoms with E-state index in [4.69, 9.17) is 10.1 Å². The van der Waals surface area contributed by atoms with Gasteiger partial charge in [0.2, 0.25) is 0 Å². The third kappa shape index (κ3) is 26.2. The van der Waals surface area contributed by atoms with Gasteiger partial charge in [0.1, 0.15) is 0 Å². The lowest BCUT2D eigenvalue weighted by molar-refractivity contribution is -0.113. The molecule has 0 aromatic carbocycles. The minimum Gasteiger partial charge on any atom is -0.300 e. The molecule has 3 nitrogen and oxygen atoms in total. The SMILES string of the molecule is CCC#N.CCON(C)C. The molecule has 10 heavy (non-hydrogen) atoms. The van der Waals surface area contributed by atoms with Crippen LogP contribution in [0.25, 0.3) is 0 Å². The number of nitrogens with zero attached hydrogens (tertiary/aromatic N) is 2. The van der Waals surface area contributed by atoms with Crippen LogP contribution in [0.3, 0.4) is 0 Å². The molecule has 0 fully saturated rings. The van der Waals surface area contributed by atoms with Crippen molar-refractivity contribution in [2.75, 3.05) is 20.7 Å². The fourth-order valence-electron chi connectivity index (χ4n) is 0.258. The molecule has 0 bridgehead atoms. The monoisotopic (exact) mass is 144 g/mol. The van der Waals surface area contributed by atoms with Gasteiger partial charge in [0.15, 0.2) is 0 Å². The van der Waals surface area contributed by atoms with Crippen molar-refractivity contribution in [2.24, 2.45) is 0 Å². The molecular formula is C7H16N2O. The summed E-state index contributed by atoms with van der Waals surface area (Å²) in [6.07, 6.45) is 0.625. The largest absolute Gasteiger partial charge is 0.300 e. The average molecular weight is 144 g/mol. The Morgan fingerprint density at radius 2 is 1.80 bits per heavy atom. The molecule has 0 aromatic rings. The Morgan fingerprint density at radius 1 is 1.40 bits per heavy atom. The number of hydroxylamine groups is 2. The van der Waals surface area contributed by atoms with E-state index in [2.05, 4.69) is 0 Å². The van der Waals surface area contributed by atoms with E-state index in [1.807, 2.05) is 34.0 Å². The minimum atomic E-state index is 0.625. The highest BCUT2D eigenvalue weighted by Gasteiger charge is 1.77. The molecule has 0 aliphatic heterocycles. The predicted octanol–water partition coefficient (Wildman–Crippen LogP) is 1.42. The van der Waals surface area contributed by atoms with E-state index < -0.39 is 0 Å². The summed E-state index contributed by atoms with van der Waals surface area (Å²) in [5.74, 6) is 0. The van der Waals surface area contributed by atoms with Crippen LogP contribution in [0.15, 0.2) is 0 Å². The third-order valence-electron chi connectivity index (χ3n) is 0.545. The van der Waals surface area contributed by atoms with E-state index in [1.165, 1.54) is 0 Å². The standard InChI is InChI=1S/C4H11NO.C3H5N/c1-4-6-5(2)3;1-2-3-4/h4H2,1-3H3;2H2,1H3. The van der Waals surface area contributed by atoms with Gasteiger partial charge in [-0.1, -0.05) is 6.92 Å². The van der Waals surface area contributed by atoms with Crippen molar-refractivity contribution in [1.29, 1.82) is 5.26 Å². The normalized spacial score (nSPS) is 8.00. The van der Waals surface area contributed by atoms with Crippen molar-refractivity contribution >= 4 is 0 Å². The Balaban J connectivity index is 0. The molecule has 0 radical (unpaired) electrons. The highest BCUT2D eigenvalue weighted by molar-refractivity contribution is 4.61. The van der Waals surface area contributed by atoms with Crippen LogP contribution in [-0.4, -0.2) is 25.8 Å². The van der Waals surface area contributed by atoms with Gasteiger partial charge in [-0.05, 0) is 6.92 Å². The molecular weight excluding hydrogens is 128 g/mol. The summed E-state index contributed by atoms with van der Waals surface area (Å²) >= 11 is 0. The average Bonchev–Trinajstić information content (AvgIpc) is 1.89. The molecule has 0 aliphatic carbocycles. The maximum Gasteiger partial charge on any atom is 0.0656 e. The molecule has 0 unspecified atom stereocenters. The summed E-state index contributed by atoms with van der Waals surface area (Å²) in [4.78, 5) is 4.88. The predicted molar refractivity (Wildman–Crippen MR) is 41.2 cm³/mol. The van der Waals surface area contributed by atoms with Crippen LogP contribution >= 0.6 is 0 Å². The lowest BCUT2D eigenvalue weighted by Crippen LogP contribution is -2.11. The van der Waals surface area contributed by atoms with Crippen molar-refractivity contribution in [3.05, 3.63) is 0 Å². The van der Waals surface area contributed by atoms with E-state index in [-0.39, 0.29) is 0 Å². The molecule has 0 saturated heterocycles. The molecule has 0 atom stereocenters. The second kappa shape index (κ2) is 11.2. The molecule has 0 saturated carbocycles. The maximum atomic E-state index is 7.62. The Kier molecular flexibility index (Phi) is 13.6. The molecule has 3 heteroatoms. The fraction of sp³-hybridized carbons (Fsp3) is 0.857. The Hall–Kier alpha value is -0.590. The van der Waals surface area contributed by atoms with Crippen molar-refractivity contribution in [3.63, 3.8) is 0 Å². The molecule has 0 aromatic heterocycles. The van der Waals surface area contributed by atoms with E-state index >= 15 is 0 Å². The topological polar surface area (TPSA) is 36.3 Å². The highest BCUT2D eigenvalue weighted by atomic mass is 16.7. The zero-order valence-corrected chi connectivity index (χ0v) is 7.22. The van der Waals surface area contributed by atoms with Gasteiger partial charge in [-0.15, -0.1) is 0 Å². The van der Waals surface area contributed by atoms with Crippen molar-refractivity contribution in [1.82, 2.24) is 5.06 Å². The zero-order chi connectivity index (χ0) is 8.41. The smallest absolute Gasteiger partial charge is 0.0656 e. The van der Waals surface area contributed by atoms with E-state index in [9.17, 15) is 0 Å². The van der Waals surface area contributed by atoms with Gasteiger partial charge in [-0.3, -0.25) is 4.84 Å². The van der Waals surface area contributed by atoms with Crippen LogP contribution in [0.2, 0.25) is 0 Å². The Morgan fingerprint density at radius 3 is 1.80 bits per heavy atom. The van der Waals surface area contributed by atoms with Crippen LogP contribution in [0.4, 0.5) is 0 Å². The summed E-state index contributed by atoms with van der Waals surface area (Å²) < 4.78 is 0. The van der Waals surface area contributed by atoms with Crippen LogP contribution in [0.5, 0.6) is 0 Å². The lowest BCUT2D eigenvalue weighted by atomic mass is 10.6. The summed E-state index contributed by atoms with van der Waals surface area (Å²) in [6.45, 7) is 4.53. The van der Waals surface area contributed by atoms with Crippen LogP contribution < -0.4 is 0 Å². The van der Waals surface area contributed by atoms with Gasteiger partial charge in [-0.2, -0.15) is 10.3 Å². The Bertz CT molecular complexity index is 86.1.